The molecule has 0 amide bonds. The van der Waals surface area contributed by atoms with Crippen LogP contribution in [0.5, 0.6) is 0 Å². The molecule has 0 aromatic heterocycles. The van der Waals surface area contributed by atoms with Crippen LogP contribution in [0.15, 0.2) is 24.3 Å². The Hall–Kier alpha value is -0.980. The van der Waals surface area contributed by atoms with Gasteiger partial charge < -0.3 is 23.7 Å². The van der Waals surface area contributed by atoms with E-state index in [0.717, 1.165) is 65.7 Å². The highest BCUT2D eigenvalue weighted by molar-refractivity contribution is 5.21. The van der Waals surface area contributed by atoms with Gasteiger partial charge in [0.2, 0.25) is 0 Å². The van der Waals surface area contributed by atoms with Gasteiger partial charge in [0.05, 0.1) is 52.9 Å². The number of hydrogen-bond donors (Lipinski definition) is 0. The fourth-order valence-corrected chi connectivity index (χ4v) is 3.21. The molecule has 0 atom stereocenters. The Morgan fingerprint density at radius 2 is 1.07 bits per heavy atom. The Morgan fingerprint density at radius 3 is 1.29 bits per heavy atom. The first-order chi connectivity index (χ1) is 13.7. The number of hydrogen-bond acceptors (Lipinski definition) is 5. The maximum absolute atomic E-state index is 5.90. The average molecular weight is 393 g/mol. The molecule has 3 heterocycles. The van der Waals surface area contributed by atoms with E-state index in [1.54, 1.807) is 0 Å². The summed E-state index contributed by atoms with van der Waals surface area (Å²) in [7, 11) is 0. The molecular formula is C23H36O5. The van der Waals surface area contributed by atoms with Crippen molar-refractivity contribution in [3.8, 4) is 0 Å². The topological polar surface area (TPSA) is 46.2 Å². The second-order valence-corrected chi connectivity index (χ2v) is 8.46. The molecule has 28 heavy (non-hydrogen) atoms. The van der Waals surface area contributed by atoms with Gasteiger partial charge in [0, 0.05) is 24.0 Å². The normalized spacial score (nSPS) is 21.5. The fraction of sp³-hybridized carbons (Fsp3) is 0.739. The minimum absolute atomic E-state index is 0.258. The molecule has 0 unspecified atom stereocenters. The molecule has 0 aliphatic carbocycles. The van der Waals surface area contributed by atoms with E-state index in [2.05, 4.69) is 38.1 Å². The molecule has 0 saturated carbocycles. The minimum Gasteiger partial charge on any atom is -0.381 e. The van der Waals surface area contributed by atoms with Crippen LogP contribution in [0.1, 0.15) is 44.2 Å². The first-order valence-corrected chi connectivity index (χ1v) is 10.7. The highest BCUT2D eigenvalue weighted by atomic mass is 16.5. The van der Waals surface area contributed by atoms with Crippen LogP contribution in [0, 0.1) is 10.8 Å². The highest BCUT2D eigenvalue weighted by Crippen LogP contribution is 2.32. The van der Waals surface area contributed by atoms with E-state index in [1.165, 1.54) is 17.5 Å². The summed E-state index contributed by atoms with van der Waals surface area (Å²) in [5.41, 5.74) is 2.94. The van der Waals surface area contributed by atoms with Gasteiger partial charge in [-0.25, -0.2) is 0 Å². The van der Waals surface area contributed by atoms with Crippen LogP contribution >= 0.6 is 0 Å². The zero-order chi connectivity index (χ0) is 19.7. The first-order valence-electron chi connectivity index (χ1n) is 10.7. The lowest BCUT2D eigenvalue weighted by Gasteiger charge is -2.40. The maximum atomic E-state index is 5.90. The molecule has 0 bridgehead atoms. The number of benzene rings is 1. The van der Waals surface area contributed by atoms with Gasteiger partial charge in [-0.15, -0.1) is 0 Å². The Bertz CT molecular complexity index is 497. The molecule has 5 nitrogen and oxygen atoms in total. The van der Waals surface area contributed by atoms with Crippen molar-refractivity contribution in [3.63, 3.8) is 0 Å². The summed E-state index contributed by atoms with van der Waals surface area (Å²) in [5.74, 6) is 0. The van der Waals surface area contributed by atoms with Crippen LogP contribution in [0.25, 0.3) is 0 Å². The predicted molar refractivity (Wildman–Crippen MR) is 108 cm³/mol. The molecule has 1 aromatic carbocycles. The number of ether oxygens (including phenoxy) is 5. The van der Waals surface area contributed by atoms with Crippen LogP contribution in [-0.4, -0.2) is 52.9 Å². The number of rotatable bonds is 10. The molecule has 3 aliphatic rings. The summed E-state index contributed by atoms with van der Waals surface area (Å²) in [6, 6.07) is 8.54. The zero-order valence-electron chi connectivity index (χ0n) is 17.5. The molecule has 3 aliphatic heterocycles. The van der Waals surface area contributed by atoms with E-state index < -0.39 is 0 Å². The van der Waals surface area contributed by atoms with Crippen LogP contribution in [0.3, 0.4) is 0 Å². The lowest BCUT2D eigenvalue weighted by molar-refractivity contribution is -0.152. The molecule has 0 radical (unpaired) electrons. The lowest BCUT2D eigenvalue weighted by Crippen LogP contribution is -2.45. The standard InChI is InChI=1S/C20H30O4.C3H6O/c1-3-19(13-23-14-19)11-21-9-17-5-7-18(8-6-17)10-22-12-20(4-2)15-24-16-20;1-2-4-3-1/h5-8H,3-4,9-16H2,1-2H3;1-3H2. The Labute approximate surface area is 169 Å². The summed E-state index contributed by atoms with van der Waals surface area (Å²) in [6.07, 6.45) is 3.52. The van der Waals surface area contributed by atoms with Crippen molar-refractivity contribution in [2.24, 2.45) is 10.8 Å². The molecule has 5 heteroatoms. The SMILES string of the molecule is C1COC1.CCC1(COCc2ccc(COCC3(CC)COC3)cc2)COC1. The average Bonchev–Trinajstić information content (AvgIpc) is 2.59. The van der Waals surface area contributed by atoms with Gasteiger partial charge >= 0.3 is 0 Å². The molecule has 1 aromatic rings. The zero-order valence-corrected chi connectivity index (χ0v) is 17.5. The molecular weight excluding hydrogens is 356 g/mol. The van der Waals surface area contributed by atoms with Gasteiger partial charge in [-0.1, -0.05) is 38.1 Å². The van der Waals surface area contributed by atoms with Gasteiger partial charge in [-0.3, -0.25) is 0 Å². The van der Waals surface area contributed by atoms with E-state index in [4.69, 9.17) is 23.7 Å². The summed E-state index contributed by atoms with van der Waals surface area (Å²) in [4.78, 5) is 0. The fourth-order valence-electron chi connectivity index (χ4n) is 3.21. The van der Waals surface area contributed by atoms with Crippen molar-refractivity contribution in [1.29, 1.82) is 0 Å². The monoisotopic (exact) mass is 392 g/mol. The summed E-state index contributed by atoms with van der Waals surface area (Å²) in [6.45, 7) is 12.7. The maximum Gasteiger partial charge on any atom is 0.0717 e. The van der Waals surface area contributed by atoms with Crippen molar-refractivity contribution < 1.29 is 23.7 Å². The third kappa shape index (κ3) is 6.01. The molecule has 4 rings (SSSR count). The van der Waals surface area contributed by atoms with Crippen molar-refractivity contribution in [3.05, 3.63) is 35.4 Å². The van der Waals surface area contributed by atoms with E-state index in [-0.39, 0.29) is 10.8 Å². The van der Waals surface area contributed by atoms with Crippen LogP contribution in [-0.2, 0) is 36.9 Å². The highest BCUT2D eigenvalue weighted by Gasteiger charge is 2.37. The van der Waals surface area contributed by atoms with E-state index >= 15 is 0 Å². The molecule has 0 spiro atoms. The Balaban J connectivity index is 0.000000500. The molecule has 0 N–H and O–H groups in total. The summed E-state index contributed by atoms with van der Waals surface area (Å²) < 4.78 is 27.2. The van der Waals surface area contributed by atoms with Crippen molar-refractivity contribution >= 4 is 0 Å². The van der Waals surface area contributed by atoms with Crippen molar-refractivity contribution in [2.75, 3.05) is 52.9 Å². The largest absolute Gasteiger partial charge is 0.381 e. The van der Waals surface area contributed by atoms with Gasteiger partial charge in [-0.05, 0) is 30.4 Å². The first kappa shape index (κ1) is 21.7. The second-order valence-electron chi connectivity index (χ2n) is 8.46. The third-order valence-corrected chi connectivity index (χ3v) is 6.09. The molecule has 3 saturated heterocycles. The van der Waals surface area contributed by atoms with E-state index in [9.17, 15) is 0 Å². The van der Waals surface area contributed by atoms with Gasteiger partial charge in [0.1, 0.15) is 0 Å². The van der Waals surface area contributed by atoms with Gasteiger partial charge in [0.15, 0.2) is 0 Å². The Morgan fingerprint density at radius 1 is 0.714 bits per heavy atom. The smallest absolute Gasteiger partial charge is 0.0717 e. The summed E-state index contributed by atoms with van der Waals surface area (Å²) in [5, 5.41) is 0. The van der Waals surface area contributed by atoms with Crippen LogP contribution in [0.4, 0.5) is 0 Å². The van der Waals surface area contributed by atoms with Gasteiger partial charge in [-0.2, -0.15) is 0 Å². The van der Waals surface area contributed by atoms with Crippen molar-refractivity contribution in [1.82, 2.24) is 0 Å². The third-order valence-electron chi connectivity index (χ3n) is 6.09. The van der Waals surface area contributed by atoms with Crippen LogP contribution in [0.2, 0.25) is 0 Å². The lowest BCUT2D eigenvalue weighted by atomic mass is 9.84. The van der Waals surface area contributed by atoms with Crippen LogP contribution < -0.4 is 0 Å². The van der Waals surface area contributed by atoms with Crippen molar-refractivity contribution in [2.45, 2.75) is 46.3 Å². The van der Waals surface area contributed by atoms with E-state index in [0.29, 0.717) is 13.2 Å². The minimum atomic E-state index is 0.258. The van der Waals surface area contributed by atoms with Gasteiger partial charge in [0.25, 0.3) is 0 Å². The van der Waals surface area contributed by atoms with E-state index in [1.807, 2.05) is 0 Å². The molecule has 3 fully saturated rings. The quantitative estimate of drug-likeness (QED) is 0.603. The summed E-state index contributed by atoms with van der Waals surface area (Å²) >= 11 is 0. The molecule has 158 valence electrons. The predicted octanol–water partition coefficient (Wildman–Crippen LogP) is 3.98. The Kier molecular flexibility index (Phi) is 8.30. The second kappa shape index (κ2) is 10.7.